The molecule has 2 aromatic heterocycles. The van der Waals surface area contributed by atoms with Gasteiger partial charge in [-0.05, 0) is 50.7 Å². The number of hydrogen-bond acceptors (Lipinski definition) is 2. The summed E-state index contributed by atoms with van der Waals surface area (Å²) >= 11 is 0. The highest BCUT2D eigenvalue weighted by Gasteiger charge is 2.35. The van der Waals surface area contributed by atoms with E-state index >= 15 is 0 Å². The van der Waals surface area contributed by atoms with Gasteiger partial charge in [-0.1, -0.05) is 166 Å². The topological polar surface area (TPSA) is 30.7 Å². The third kappa shape index (κ3) is 4.02. The number of benzene rings is 8. The summed E-state index contributed by atoms with van der Waals surface area (Å²) in [5.41, 5.74) is 12.8. The molecule has 0 bridgehead atoms. The Kier molecular flexibility index (Phi) is 6.01. The van der Waals surface area contributed by atoms with Crippen LogP contribution in [-0.2, 0) is 5.41 Å². The highest BCUT2D eigenvalue weighted by molar-refractivity contribution is 6.21. The molecule has 11 rings (SSSR count). The average molecular weight is 664 g/mol. The van der Waals surface area contributed by atoms with Gasteiger partial charge in [-0.25, -0.2) is 9.97 Å². The second kappa shape index (κ2) is 10.7. The fourth-order valence-corrected chi connectivity index (χ4v) is 8.90. The zero-order valence-corrected chi connectivity index (χ0v) is 28.9. The summed E-state index contributed by atoms with van der Waals surface area (Å²) in [5.74, 6) is 0.667. The van der Waals surface area contributed by atoms with Crippen LogP contribution in [0.5, 0.6) is 0 Å². The summed E-state index contributed by atoms with van der Waals surface area (Å²) in [6.07, 6.45) is 0. The van der Waals surface area contributed by atoms with Crippen LogP contribution in [0.3, 0.4) is 0 Å². The van der Waals surface area contributed by atoms with Crippen LogP contribution in [0.4, 0.5) is 0 Å². The Balaban J connectivity index is 1.29. The summed E-state index contributed by atoms with van der Waals surface area (Å²) in [6, 6.07) is 59.3. The number of rotatable bonds is 3. The summed E-state index contributed by atoms with van der Waals surface area (Å²) in [5, 5.41) is 8.06. The van der Waals surface area contributed by atoms with Crippen molar-refractivity contribution >= 4 is 54.3 Å². The van der Waals surface area contributed by atoms with Crippen LogP contribution in [0.2, 0.25) is 0 Å². The lowest BCUT2D eigenvalue weighted by molar-refractivity contribution is 0.660. The van der Waals surface area contributed by atoms with Gasteiger partial charge in [-0.2, -0.15) is 0 Å². The maximum Gasteiger partial charge on any atom is 0.235 e. The van der Waals surface area contributed by atoms with E-state index in [0.29, 0.717) is 5.95 Å². The molecule has 10 aromatic rings. The smallest absolute Gasteiger partial charge is 0.235 e. The molecule has 0 amide bonds. The van der Waals surface area contributed by atoms with Crippen molar-refractivity contribution in [2.45, 2.75) is 19.3 Å². The zero-order valence-electron chi connectivity index (χ0n) is 28.9. The fraction of sp³-hybridized carbons (Fsp3) is 0.0612. The molecule has 0 aliphatic heterocycles. The van der Waals surface area contributed by atoms with Crippen LogP contribution < -0.4 is 0 Å². The zero-order chi connectivity index (χ0) is 34.6. The van der Waals surface area contributed by atoms with Gasteiger partial charge in [-0.3, -0.25) is 4.57 Å². The van der Waals surface area contributed by atoms with Crippen LogP contribution in [-0.4, -0.2) is 14.5 Å². The lowest BCUT2D eigenvalue weighted by atomic mass is 9.81. The predicted octanol–water partition coefficient (Wildman–Crippen LogP) is 12.7. The molecule has 0 radical (unpaired) electrons. The molecule has 52 heavy (non-hydrogen) atoms. The van der Waals surface area contributed by atoms with Crippen LogP contribution in [0.15, 0.2) is 164 Å². The van der Waals surface area contributed by atoms with Crippen molar-refractivity contribution < 1.29 is 0 Å². The normalized spacial score (nSPS) is 13.3. The molecule has 0 N–H and O–H groups in total. The first-order valence-electron chi connectivity index (χ1n) is 18.0. The van der Waals surface area contributed by atoms with Gasteiger partial charge in [0.15, 0.2) is 0 Å². The monoisotopic (exact) mass is 663 g/mol. The summed E-state index contributed by atoms with van der Waals surface area (Å²) in [7, 11) is 0. The molecular weight excluding hydrogens is 631 g/mol. The molecule has 1 aliphatic carbocycles. The first-order chi connectivity index (χ1) is 25.6. The second-order valence-corrected chi connectivity index (χ2v) is 14.6. The minimum absolute atomic E-state index is 0.105. The molecular formula is C49H33N3. The highest BCUT2D eigenvalue weighted by atomic mass is 15.2. The van der Waals surface area contributed by atoms with E-state index in [1.54, 1.807) is 0 Å². The van der Waals surface area contributed by atoms with Gasteiger partial charge in [0, 0.05) is 43.5 Å². The maximum absolute atomic E-state index is 5.53. The third-order valence-electron chi connectivity index (χ3n) is 11.4. The first-order valence-corrected chi connectivity index (χ1v) is 18.0. The molecule has 3 nitrogen and oxygen atoms in total. The molecule has 2 heterocycles. The number of hydrogen-bond donors (Lipinski definition) is 0. The average Bonchev–Trinajstić information content (AvgIpc) is 3.66. The standard InChI is InChI=1S/C49H33N3/c1-49(2)42-22-11-10-19-37(42)38-26-25-33(29-43(38)49)36-20-12-21-39-40-27-23-31-14-7-9-18-35(31)46(40)52(47(36)39)48-50-44(32-15-4-3-5-16-32)41-28-24-30-13-6-8-17-34(30)45(41)51-48/h3-29H,1-2H3. The fourth-order valence-electron chi connectivity index (χ4n) is 8.90. The van der Waals surface area contributed by atoms with E-state index < -0.39 is 0 Å². The number of fused-ring (bicyclic) bond motifs is 11. The van der Waals surface area contributed by atoms with Gasteiger partial charge in [0.2, 0.25) is 5.95 Å². The van der Waals surface area contributed by atoms with E-state index in [4.69, 9.17) is 9.97 Å². The Morgan fingerprint density at radius 1 is 0.423 bits per heavy atom. The molecule has 0 unspecified atom stereocenters. The molecule has 0 fully saturated rings. The largest absolute Gasteiger partial charge is 0.277 e. The highest BCUT2D eigenvalue weighted by Crippen LogP contribution is 2.50. The van der Waals surface area contributed by atoms with Crippen molar-refractivity contribution in [1.29, 1.82) is 0 Å². The van der Waals surface area contributed by atoms with E-state index in [1.807, 2.05) is 0 Å². The van der Waals surface area contributed by atoms with Crippen molar-refractivity contribution in [3.05, 3.63) is 175 Å². The SMILES string of the molecule is CC1(C)c2ccccc2-c2ccc(-c3cccc4c5ccc6ccccc6c5n(-c5nc(-c6ccccc6)c6ccc7ccccc7c6n5)c34)cc21. The van der Waals surface area contributed by atoms with Crippen molar-refractivity contribution in [3.63, 3.8) is 0 Å². The van der Waals surface area contributed by atoms with Gasteiger partial charge < -0.3 is 0 Å². The van der Waals surface area contributed by atoms with Crippen LogP contribution in [0, 0.1) is 0 Å². The van der Waals surface area contributed by atoms with E-state index in [1.165, 1.54) is 49.4 Å². The maximum atomic E-state index is 5.53. The Hall–Kier alpha value is -6.58. The van der Waals surface area contributed by atoms with Gasteiger partial charge in [0.1, 0.15) is 0 Å². The Morgan fingerprint density at radius 2 is 1.06 bits per heavy atom. The second-order valence-electron chi connectivity index (χ2n) is 14.6. The Labute approximate surface area is 301 Å². The summed E-state index contributed by atoms with van der Waals surface area (Å²) in [6.45, 7) is 4.70. The molecule has 0 saturated heterocycles. The number of aromatic nitrogens is 3. The molecule has 0 spiro atoms. The number of para-hydroxylation sites is 1. The summed E-state index contributed by atoms with van der Waals surface area (Å²) in [4.78, 5) is 11.1. The van der Waals surface area contributed by atoms with Crippen LogP contribution >= 0.6 is 0 Å². The van der Waals surface area contributed by atoms with Gasteiger partial charge in [0.05, 0.1) is 22.2 Å². The van der Waals surface area contributed by atoms with E-state index in [9.17, 15) is 0 Å². The quantitative estimate of drug-likeness (QED) is 0.176. The molecule has 244 valence electrons. The van der Waals surface area contributed by atoms with Crippen molar-refractivity contribution in [2.75, 3.05) is 0 Å². The predicted molar refractivity (Wildman–Crippen MR) is 217 cm³/mol. The van der Waals surface area contributed by atoms with Gasteiger partial charge >= 0.3 is 0 Å². The van der Waals surface area contributed by atoms with E-state index in [-0.39, 0.29) is 5.41 Å². The van der Waals surface area contributed by atoms with Gasteiger partial charge in [-0.15, -0.1) is 0 Å². The Bertz CT molecular complexity index is 3100. The molecule has 1 aliphatic rings. The molecule has 0 saturated carbocycles. The first kappa shape index (κ1) is 29.2. The lowest BCUT2D eigenvalue weighted by Crippen LogP contribution is -2.14. The van der Waals surface area contributed by atoms with Crippen LogP contribution in [0.25, 0.3) is 93.7 Å². The molecule has 0 atom stereocenters. The van der Waals surface area contributed by atoms with Crippen molar-refractivity contribution in [1.82, 2.24) is 14.5 Å². The van der Waals surface area contributed by atoms with Crippen LogP contribution in [0.1, 0.15) is 25.0 Å². The van der Waals surface area contributed by atoms with E-state index in [2.05, 4.69) is 182 Å². The Morgan fingerprint density at radius 3 is 1.90 bits per heavy atom. The van der Waals surface area contributed by atoms with Gasteiger partial charge in [0.25, 0.3) is 0 Å². The number of nitrogens with zero attached hydrogens (tertiary/aromatic N) is 3. The van der Waals surface area contributed by atoms with Crippen molar-refractivity contribution in [3.8, 4) is 39.5 Å². The minimum Gasteiger partial charge on any atom is -0.277 e. The van der Waals surface area contributed by atoms with Crippen molar-refractivity contribution in [2.24, 2.45) is 0 Å². The minimum atomic E-state index is -0.105. The molecule has 3 heteroatoms. The third-order valence-corrected chi connectivity index (χ3v) is 11.4. The van der Waals surface area contributed by atoms with E-state index in [0.717, 1.165) is 49.5 Å². The lowest BCUT2D eigenvalue weighted by Gasteiger charge is -2.22. The molecule has 8 aromatic carbocycles. The summed E-state index contributed by atoms with van der Waals surface area (Å²) < 4.78 is 2.35.